The Morgan fingerprint density at radius 2 is 1.93 bits per heavy atom. The minimum Gasteiger partial charge on any atom is -0.393 e. The summed E-state index contributed by atoms with van der Waals surface area (Å²) in [5, 5.41) is 15.0. The van der Waals surface area contributed by atoms with E-state index in [0.29, 0.717) is 5.92 Å². The van der Waals surface area contributed by atoms with Gasteiger partial charge in [0.2, 0.25) is 0 Å². The summed E-state index contributed by atoms with van der Waals surface area (Å²) in [7, 11) is 0. The number of ketones is 1. The summed E-state index contributed by atoms with van der Waals surface area (Å²) < 4.78 is 0. The van der Waals surface area contributed by atoms with Crippen molar-refractivity contribution < 1.29 is 9.90 Å². The van der Waals surface area contributed by atoms with E-state index in [9.17, 15) is 9.90 Å². The van der Waals surface area contributed by atoms with Crippen molar-refractivity contribution in [3.63, 3.8) is 0 Å². The molecule has 0 spiro atoms. The van der Waals surface area contributed by atoms with E-state index in [1.165, 1.54) is 37.2 Å². The van der Waals surface area contributed by atoms with Crippen molar-refractivity contribution in [2.45, 2.75) is 70.8 Å². The van der Waals surface area contributed by atoms with Crippen LogP contribution in [-0.2, 0) is 4.79 Å². The van der Waals surface area contributed by atoms with Gasteiger partial charge in [0.1, 0.15) is 12.9 Å². The summed E-state index contributed by atoms with van der Waals surface area (Å²) >= 11 is 0. The molecule has 0 radical (unpaired) electrons. The number of hydrazine groups is 1. The third-order valence-electron chi connectivity index (χ3n) is 8.85. The van der Waals surface area contributed by atoms with Gasteiger partial charge in [-0.05, 0) is 92.8 Å². The summed E-state index contributed by atoms with van der Waals surface area (Å²) in [5.74, 6) is 9.90. The second-order valence-electron chi connectivity index (χ2n) is 9.91. The van der Waals surface area contributed by atoms with Crippen molar-refractivity contribution in [2.75, 3.05) is 6.54 Å². The highest BCUT2D eigenvalue weighted by molar-refractivity contribution is 5.84. The number of hydrogen-bond donors (Lipinski definition) is 3. The minimum atomic E-state index is -0.0690. The van der Waals surface area contributed by atoms with Crippen molar-refractivity contribution in [1.29, 1.82) is 0 Å². The predicted octanol–water partition coefficient (Wildman–Crippen LogP) is 2.26. The highest BCUT2D eigenvalue weighted by Gasteiger charge is 2.58. The normalized spacial score (nSPS) is 46.6. The van der Waals surface area contributed by atoms with E-state index < -0.39 is 0 Å². The van der Waals surface area contributed by atoms with Crippen molar-refractivity contribution in [2.24, 2.45) is 57.6 Å². The first-order valence-electron chi connectivity index (χ1n) is 10.9. The first-order chi connectivity index (χ1) is 12.9. The smallest absolute Gasteiger partial charge is 0.159 e. The molecule has 4 saturated carbocycles. The number of hydrogen-bond acceptors (Lipinski definition) is 5. The van der Waals surface area contributed by atoms with Crippen LogP contribution in [0.2, 0.25) is 0 Å². The summed E-state index contributed by atoms with van der Waals surface area (Å²) in [6.45, 7) is 2.52. The zero-order chi connectivity index (χ0) is 19.2. The van der Waals surface area contributed by atoms with Gasteiger partial charge in [-0.15, -0.1) is 0 Å². The largest absolute Gasteiger partial charge is 0.393 e. The Labute approximate surface area is 162 Å². The topological polar surface area (TPSA) is 105 Å². The number of carbonyl (C=O) groups is 1. The predicted molar refractivity (Wildman–Crippen MR) is 105 cm³/mol. The number of fused-ring (bicyclic) bond motifs is 5. The van der Waals surface area contributed by atoms with Crippen molar-refractivity contribution in [3.8, 4) is 0 Å². The molecule has 0 heterocycles. The standard InChI is InChI=1S/C21H36N4O2/c1-21-9-8-16-15-5-3-14(26)10-13(15)2-4-17(16)18(21)6-7-19(21)20(27)11-25(23)24-12-22/h12-19,26H,2-11,23H2,1H3,(H2,22,24). The zero-order valence-electron chi connectivity index (χ0n) is 16.6. The fourth-order valence-corrected chi connectivity index (χ4v) is 7.75. The number of nitrogens with two attached hydrogens (primary N) is 2. The van der Waals surface area contributed by atoms with Gasteiger partial charge in [-0.25, -0.2) is 11.0 Å². The molecule has 0 aliphatic heterocycles. The molecule has 0 aromatic heterocycles. The number of rotatable bonds is 4. The average Bonchev–Trinajstić information content (AvgIpc) is 2.98. The first-order valence-corrected chi connectivity index (χ1v) is 10.9. The van der Waals surface area contributed by atoms with Crippen molar-refractivity contribution in [3.05, 3.63) is 0 Å². The van der Waals surface area contributed by atoms with E-state index in [4.69, 9.17) is 11.6 Å². The van der Waals surface area contributed by atoms with Gasteiger partial charge in [0.05, 0.1) is 6.10 Å². The van der Waals surface area contributed by atoms with E-state index in [1.54, 1.807) is 0 Å². The van der Waals surface area contributed by atoms with Gasteiger partial charge in [-0.3, -0.25) is 4.79 Å². The van der Waals surface area contributed by atoms with Crippen LogP contribution < -0.4 is 11.6 Å². The number of Topliss-reactive ketones (excluding diaryl/α,β-unsaturated/α-hetero) is 1. The van der Waals surface area contributed by atoms with Crippen LogP contribution in [0.3, 0.4) is 0 Å². The molecule has 6 nitrogen and oxygen atoms in total. The Balaban J connectivity index is 1.47. The third-order valence-corrected chi connectivity index (χ3v) is 8.85. The molecule has 4 aliphatic carbocycles. The van der Waals surface area contributed by atoms with Crippen LogP contribution in [0, 0.1) is 40.9 Å². The Hall–Kier alpha value is -1.14. The molecule has 8 unspecified atom stereocenters. The highest BCUT2D eigenvalue weighted by atomic mass is 16.3. The molecule has 4 fully saturated rings. The maximum absolute atomic E-state index is 13.0. The second kappa shape index (κ2) is 7.36. The molecular weight excluding hydrogens is 340 g/mol. The number of aliphatic hydroxyl groups is 1. The minimum absolute atomic E-state index is 0.0690. The summed E-state index contributed by atoms with van der Waals surface area (Å²) in [4.78, 5) is 13.0. The van der Waals surface area contributed by atoms with Crippen LogP contribution in [0.4, 0.5) is 0 Å². The molecule has 0 amide bonds. The van der Waals surface area contributed by atoms with E-state index in [0.717, 1.165) is 55.7 Å². The van der Waals surface area contributed by atoms with Crippen molar-refractivity contribution >= 4 is 12.1 Å². The summed E-state index contributed by atoms with van der Waals surface area (Å²) in [6.07, 6.45) is 11.4. The number of nitrogens with zero attached hydrogens (tertiary/aromatic N) is 2. The average molecular weight is 377 g/mol. The monoisotopic (exact) mass is 376 g/mol. The van der Waals surface area contributed by atoms with Gasteiger partial charge < -0.3 is 10.8 Å². The van der Waals surface area contributed by atoms with E-state index in [-0.39, 0.29) is 29.8 Å². The Bertz CT molecular complexity index is 597. The van der Waals surface area contributed by atoms with E-state index >= 15 is 0 Å². The van der Waals surface area contributed by atoms with Gasteiger partial charge in [0.15, 0.2) is 5.78 Å². The van der Waals surface area contributed by atoms with Crippen LogP contribution >= 0.6 is 0 Å². The van der Waals surface area contributed by atoms with Crippen LogP contribution in [0.15, 0.2) is 5.10 Å². The lowest BCUT2D eigenvalue weighted by atomic mass is 9.49. The SMILES string of the molecule is CC12CCC3C4CCC(O)CC4CCC3C1CCC2C(=O)CN(N)/N=C\N. The molecule has 0 bridgehead atoms. The molecule has 0 aromatic rings. The summed E-state index contributed by atoms with van der Waals surface area (Å²) in [6, 6.07) is 0. The van der Waals surface area contributed by atoms with Crippen molar-refractivity contribution in [1.82, 2.24) is 5.12 Å². The maximum Gasteiger partial charge on any atom is 0.159 e. The van der Waals surface area contributed by atoms with Gasteiger partial charge in [-0.2, -0.15) is 5.10 Å². The Morgan fingerprint density at radius 1 is 1.15 bits per heavy atom. The number of carbonyl (C=O) groups excluding carboxylic acids is 1. The van der Waals surface area contributed by atoms with Crippen LogP contribution in [0.25, 0.3) is 0 Å². The molecule has 27 heavy (non-hydrogen) atoms. The molecule has 5 N–H and O–H groups in total. The lowest BCUT2D eigenvalue weighted by Crippen LogP contribution is -2.50. The molecule has 0 saturated heterocycles. The fourth-order valence-electron chi connectivity index (χ4n) is 7.75. The molecule has 0 aromatic carbocycles. The van der Waals surface area contributed by atoms with Crippen LogP contribution in [-0.4, -0.2) is 35.0 Å². The van der Waals surface area contributed by atoms with Crippen LogP contribution in [0.5, 0.6) is 0 Å². The van der Waals surface area contributed by atoms with Gasteiger partial charge in [-0.1, -0.05) is 6.92 Å². The van der Waals surface area contributed by atoms with Gasteiger partial charge in [0.25, 0.3) is 0 Å². The molecule has 6 heteroatoms. The Morgan fingerprint density at radius 3 is 2.70 bits per heavy atom. The molecule has 8 atom stereocenters. The second-order valence-corrected chi connectivity index (χ2v) is 9.91. The molecule has 4 aliphatic rings. The Kier molecular flexibility index (Phi) is 5.23. The number of hydrazone groups is 1. The summed E-state index contributed by atoms with van der Waals surface area (Å²) in [5.41, 5.74) is 5.40. The molecular formula is C21H36N4O2. The zero-order valence-corrected chi connectivity index (χ0v) is 16.6. The lowest BCUT2D eigenvalue weighted by molar-refractivity contribution is -0.132. The third kappa shape index (κ3) is 3.29. The molecule has 152 valence electrons. The first kappa shape index (κ1) is 19.2. The van der Waals surface area contributed by atoms with Gasteiger partial charge >= 0.3 is 0 Å². The quantitative estimate of drug-likeness (QED) is 0.302. The van der Waals surface area contributed by atoms with Crippen LogP contribution in [0.1, 0.15) is 64.7 Å². The highest BCUT2D eigenvalue weighted by Crippen LogP contribution is 2.64. The fraction of sp³-hybridized carbons (Fsp3) is 0.905. The van der Waals surface area contributed by atoms with E-state index in [1.807, 2.05) is 0 Å². The van der Waals surface area contributed by atoms with E-state index in [2.05, 4.69) is 12.0 Å². The maximum atomic E-state index is 13.0. The number of aliphatic hydroxyl groups excluding tert-OH is 1. The molecule has 4 rings (SSSR count). The lowest BCUT2D eigenvalue weighted by Gasteiger charge is -2.56. The van der Waals surface area contributed by atoms with Gasteiger partial charge in [0, 0.05) is 5.92 Å².